The van der Waals surface area contributed by atoms with Gasteiger partial charge >= 0.3 is 0 Å². The van der Waals surface area contributed by atoms with Crippen LogP contribution in [0.4, 0.5) is 0 Å². The summed E-state index contributed by atoms with van der Waals surface area (Å²) < 4.78 is 0. The summed E-state index contributed by atoms with van der Waals surface area (Å²) in [6.07, 6.45) is 0.0327. The van der Waals surface area contributed by atoms with E-state index < -0.39 is 0 Å². The maximum absolute atomic E-state index is 12.3. The largest absolute Gasteiger partial charge is 0.321 e. The van der Waals surface area contributed by atoms with Gasteiger partial charge in [-0.1, -0.05) is 57.5 Å². The predicted octanol–water partition coefficient (Wildman–Crippen LogP) is 3.11. The Morgan fingerprint density at radius 3 is 2.24 bits per heavy atom. The van der Waals surface area contributed by atoms with Crippen molar-refractivity contribution in [2.45, 2.75) is 40.8 Å². The van der Waals surface area contributed by atoms with Crippen molar-refractivity contribution in [3.8, 4) is 0 Å². The Morgan fingerprint density at radius 2 is 1.71 bits per heavy atom. The Hall–Kier alpha value is -1.35. The Morgan fingerprint density at radius 1 is 1.14 bits per heavy atom. The molecule has 114 valence electrons. The topological polar surface area (TPSA) is 32.3 Å². The van der Waals surface area contributed by atoms with E-state index in [2.05, 4.69) is 64.2 Å². The lowest BCUT2D eigenvalue weighted by Gasteiger charge is -2.25. The van der Waals surface area contributed by atoms with Gasteiger partial charge in [-0.2, -0.15) is 0 Å². The van der Waals surface area contributed by atoms with E-state index in [0.717, 1.165) is 6.54 Å². The molecule has 1 amide bonds. The van der Waals surface area contributed by atoms with Crippen LogP contribution < -0.4 is 5.32 Å². The molecular formula is C18H26N2O. The third-order valence-corrected chi connectivity index (χ3v) is 6.17. The average molecular weight is 286 g/mol. The molecule has 1 aromatic carbocycles. The highest BCUT2D eigenvalue weighted by atomic mass is 16.2. The van der Waals surface area contributed by atoms with E-state index in [4.69, 9.17) is 0 Å². The molecule has 0 aromatic heterocycles. The Kier molecular flexibility index (Phi) is 3.17. The average Bonchev–Trinajstić information content (AvgIpc) is 2.71. The molecule has 1 heterocycles. The van der Waals surface area contributed by atoms with Crippen LogP contribution in [0.2, 0.25) is 0 Å². The van der Waals surface area contributed by atoms with Gasteiger partial charge in [0.15, 0.2) is 0 Å². The minimum absolute atomic E-state index is 0.0327. The van der Waals surface area contributed by atoms with Gasteiger partial charge < -0.3 is 4.90 Å². The SMILES string of the molecule is Cc1ccc(C2NCC(=O)N2CC2C(C)(C)C2(C)C)cc1. The van der Waals surface area contributed by atoms with E-state index in [1.807, 2.05) is 4.90 Å². The van der Waals surface area contributed by atoms with Gasteiger partial charge in [0.05, 0.1) is 6.54 Å². The molecule has 2 fully saturated rings. The number of hydrogen-bond acceptors (Lipinski definition) is 2. The summed E-state index contributed by atoms with van der Waals surface area (Å²) in [5, 5.41) is 3.36. The summed E-state index contributed by atoms with van der Waals surface area (Å²) in [7, 11) is 0. The predicted molar refractivity (Wildman–Crippen MR) is 84.7 cm³/mol. The quantitative estimate of drug-likeness (QED) is 0.926. The van der Waals surface area contributed by atoms with Gasteiger partial charge in [-0.05, 0) is 29.2 Å². The molecular weight excluding hydrogens is 260 g/mol. The van der Waals surface area contributed by atoms with Gasteiger partial charge in [0.25, 0.3) is 0 Å². The molecule has 2 aliphatic rings. The monoisotopic (exact) mass is 286 g/mol. The molecule has 1 saturated carbocycles. The maximum atomic E-state index is 12.3. The second-order valence-corrected chi connectivity index (χ2v) is 7.74. The van der Waals surface area contributed by atoms with E-state index >= 15 is 0 Å². The first-order valence-electron chi connectivity index (χ1n) is 7.84. The van der Waals surface area contributed by atoms with E-state index in [-0.39, 0.29) is 12.1 Å². The van der Waals surface area contributed by atoms with Gasteiger partial charge in [-0.3, -0.25) is 10.1 Å². The number of rotatable bonds is 3. The van der Waals surface area contributed by atoms with Crippen LogP contribution in [0, 0.1) is 23.7 Å². The number of nitrogens with one attached hydrogen (secondary N) is 1. The van der Waals surface area contributed by atoms with E-state index in [1.165, 1.54) is 11.1 Å². The molecule has 1 N–H and O–H groups in total. The maximum Gasteiger partial charge on any atom is 0.238 e. The van der Waals surface area contributed by atoms with Crippen LogP contribution in [0.5, 0.6) is 0 Å². The molecule has 1 unspecified atom stereocenters. The van der Waals surface area contributed by atoms with Crippen LogP contribution in [0.15, 0.2) is 24.3 Å². The molecule has 0 radical (unpaired) electrons. The van der Waals surface area contributed by atoms with Crippen molar-refractivity contribution >= 4 is 5.91 Å². The summed E-state index contributed by atoms with van der Waals surface area (Å²) in [6, 6.07) is 8.48. The molecule has 3 heteroatoms. The van der Waals surface area contributed by atoms with Crippen LogP contribution in [-0.2, 0) is 4.79 Å². The molecule has 1 atom stereocenters. The number of amides is 1. The van der Waals surface area contributed by atoms with Crippen molar-refractivity contribution in [3.05, 3.63) is 35.4 Å². The fourth-order valence-electron chi connectivity index (χ4n) is 3.78. The van der Waals surface area contributed by atoms with Gasteiger partial charge in [-0.15, -0.1) is 0 Å². The number of aryl methyl sites for hydroxylation is 1. The third-order valence-electron chi connectivity index (χ3n) is 6.17. The fourth-order valence-corrected chi connectivity index (χ4v) is 3.78. The lowest BCUT2D eigenvalue weighted by Crippen LogP contribution is -2.33. The Balaban J connectivity index is 1.80. The smallest absolute Gasteiger partial charge is 0.238 e. The zero-order valence-corrected chi connectivity index (χ0v) is 13.7. The highest BCUT2D eigenvalue weighted by Gasteiger charge is 2.65. The molecule has 1 aliphatic heterocycles. The number of carbonyl (C=O) groups excluding carboxylic acids is 1. The first kappa shape index (κ1) is 14.6. The summed E-state index contributed by atoms with van der Waals surface area (Å²) in [4.78, 5) is 14.3. The number of benzene rings is 1. The van der Waals surface area contributed by atoms with E-state index in [1.54, 1.807) is 0 Å². The van der Waals surface area contributed by atoms with Crippen molar-refractivity contribution in [2.24, 2.45) is 16.7 Å². The molecule has 1 aliphatic carbocycles. The summed E-state index contributed by atoms with van der Waals surface area (Å²) in [6.45, 7) is 12.6. The lowest BCUT2D eigenvalue weighted by atomic mass is 10.0. The van der Waals surface area contributed by atoms with Gasteiger partial charge in [0, 0.05) is 6.54 Å². The van der Waals surface area contributed by atoms with Crippen LogP contribution in [0.1, 0.15) is 45.0 Å². The highest BCUT2D eigenvalue weighted by Crippen LogP contribution is 2.68. The van der Waals surface area contributed by atoms with E-state index in [9.17, 15) is 4.79 Å². The molecule has 1 aromatic rings. The van der Waals surface area contributed by atoms with Crippen molar-refractivity contribution < 1.29 is 4.79 Å². The number of hydrogen-bond donors (Lipinski definition) is 1. The first-order chi connectivity index (χ1) is 9.75. The van der Waals surface area contributed by atoms with Gasteiger partial charge in [0.1, 0.15) is 6.17 Å². The van der Waals surface area contributed by atoms with Gasteiger partial charge in [0.2, 0.25) is 5.91 Å². The minimum Gasteiger partial charge on any atom is -0.321 e. The van der Waals surface area contributed by atoms with Crippen molar-refractivity contribution in [1.29, 1.82) is 0 Å². The van der Waals surface area contributed by atoms with Crippen molar-refractivity contribution in [1.82, 2.24) is 10.2 Å². The van der Waals surface area contributed by atoms with Crippen molar-refractivity contribution in [3.63, 3.8) is 0 Å². The Bertz CT molecular complexity index is 545. The molecule has 0 bridgehead atoms. The molecule has 3 rings (SSSR count). The zero-order chi connectivity index (χ0) is 15.4. The molecule has 3 nitrogen and oxygen atoms in total. The summed E-state index contributed by atoms with van der Waals surface area (Å²) >= 11 is 0. The summed E-state index contributed by atoms with van der Waals surface area (Å²) in [5.74, 6) is 0.792. The fraction of sp³-hybridized carbons (Fsp3) is 0.611. The molecule has 1 saturated heterocycles. The second kappa shape index (κ2) is 4.57. The number of carbonyl (C=O) groups is 1. The van der Waals surface area contributed by atoms with Crippen molar-refractivity contribution in [2.75, 3.05) is 13.1 Å². The second-order valence-electron chi connectivity index (χ2n) is 7.74. The normalized spacial score (nSPS) is 27.2. The zero-order valence-electron chi connectivity index (χ0n) is 13.7. The standard InChI is InChI=1S/C18H26N2O/c1-12-6-8-13(9-7-12)16-19-10-15(21)20(16)11-14-17(2,3)18(14,4)5/h6-9,14,16,19H,10-11H2,1-5H3. The highest BCUT2D eigenvalue weighted by molar-refractivity contribution is 5.81. The van der Waals surface area contributed by atoms with Crippen LogP contribution >= 0.6 is 0 Å². The Labute approximate surface area is 127 Å². The lowest BCUT2D eigenvalue weighted by molar-refractivity contribution is -0.128. The number of nitrogens with zero attached hydrogens (tertiary/aromatic N) is 1. The third kappa shape index (κ3) is 2.18. The van der Waals surface area contributed by atoms with Gasteiger partial charge in [-0.25, -0.2) is 0 Å². The molecule has 21 heavy (non-hydrogen) atoms. The van der Waals surface area contributed by atoms with E-state index in [0.29, 0.717) is 23.3 Å². The summed E-state index contributed by atoms with van der Waals surface area (Å²) in [5.41, 5.74) is 3.06. The minimum atomic E-state index is 0.0327. The molecule has 0 spiro atoms. The first-order valence-corrected chi connectivity index (χ1v) is 7.84. The van der Waals surface area contributed by atoms with Crippen LogP contribution in [0.3, 0.4) is 0 Å². The van der Waals surface area contributed by atoms with Crippen LogP contribution in [0.25, 0.3) is 0 Å². The van der Waals surface area contributed by atoms with Crippen LogP contribution in [-0.4, -0.2) is 23.9 Å².